The van der Waals surface area contributed by atoms with Gasteiger partial charge < -0.3 is 9.47 Å². The van der Waals surface area contributed by atoms with Crippen molar-refractivity contribution in [3.05, 3.63) is 65.5 Å². The van der Waals surface area contributed by atoms with Crippen molar-refractivity contribution < 1.29 is 23.5 Å². The Morgan fingerprint density at radius 3 is 2.36 bits per heavy atom. The predicted molar refractivity (Wildman–Crippen MR) is 92.0 cm³/mol. The molecule has 0 amide bonds. The molecule has 0 fully saturated rings. The van der Waals surface area contributed by atoms with Crippen LogP contribution in [0.5, 0.6) is 5.75 Å². The summed E-state index contributed by atoms with van der Waals surface area (Å²) < 4.78 is 23.6. The maximum absolute atomic E-state index is 13.2. The van der Waals surface area contributed by atoms with Crippen LogP contribution in [0, 0.1) is 11.7 Å². The lowest BCUT2D eigenvalue weighted by atomic mass is 9.99. The molecule has 2 aromatic rings. The number of halogens is 1. The summed E-state index contributed by atoms with van der Waals surface area (Å²) in [6.07, 6.45) is -0.539. The zero-order valence-corrected chi connectivity index (χ0v) is 14.5. The molecule has 0 unspecified atom stereocenters. The molecule has 0 N–H and O–H groups in total. The zero-order valence-electron chi connectivity index (χ0n) is 14.5. The maximum atomic E-state index is 13.2. The molecule has 2 atom stereocenters. The number of ether oxygens (including phenoxy) is 2. The topological polar surface area (TPSA) is 52.6 Å². The summed E-state index contributed by atoms with van der Waals surface area (Å²) in [7, 11) is 1.55. The number of ketones is 1. The normalized spacial score (nSPS) is 13.0. The number of esters is 1. The first-order chi connectivity index (χ1) is 11.9. The van der Waals surface area contributed by atoms with Crippen molar-refractivity contribution in [2.75, 3.05) is 7.11 Å². The number of carbonyl (C=O) groups excluding carboxylic acids is 2. The number of methoxy groups -OCH3 is 1. The highest BCUT2D eigenvalue weighted by Gasteiger charge is 2.22. The third kappa shape index (κ3) is 5.14. The van der Waals surface area contributed by atoms with Gasteiger partial charge in [-0.15, -0.1) is 0 Å². The molecule has 0 aliphatic heterocycles. The molecule has 0 aliphatic carbocycles. The van der Waals surface area contributed by atoms with Crippen molar-refractivity contribution in [2.45, 2.75) is 26.4 Å². The van der Waals surface area contributed by atoms with E-state index in [0.717, 1.165) is 0 Å². The second kappa shape index (κ2) is 8.42. The van der Waals surface area contributed by atoms with Crippen LogP contribution in [0.25, 0.3) is 0 Å². The van der Waals surface area contributed by atoms with Crippen molar-refractivity contribution in [2.24, 2.45) is 5.92 Å². The van der Waals surface area contributed by atoms with Gasteiger partial charge in [0.05, 0.1) is 13.0 Å². The molecule has 0 aliphatic rings. The van der Waals surface area contributed by atoms with Crippen molar-refractivity contribution in [1.29, 1.82) is 0 Å². The first-order valence-electron chi connectivity index (χ1n) is 8.04. The van der Waals surface area contributed by atoms with Gasteiger partial charge in [-0.05, 0) is 48.9 Å². The molecule has 2 aromatic carbocycles. The van der Waals surface area contributed by atoms with Gasteiger partial charge in [0.15, 0.2) is 5.78 Å². The molecule has 5 heteroatoms. The van der Waals surface area contributed by atoms with Crippen molar-refractivity contribution in [3.8, 4) is 5.75 Å². The molecular formula is C20H21FO4. The van der Waals surface area contributed by atoms with E-state index in [4.69, 9.17) is 9.47 Å². The van der Waals surface area contributed by atoms with Gasteiger partial charge in [0.2, 0.25) is 0 Å². The standard InChI is InChI=1S/C20H21FO4/c1-13(11-19(22)15-7-9-18(24-3)10-8-15)20(23)25-14(2)16-5-4-6-17(21)12-16/h4-10,12-14H,11H2,1-3H3/t13-,14+/m0/s1. The van der Waals surface area contributed by atoms with Crippen molar-refractivity contribution in [1.82, 2.24) is 0 Å². The Morgan fingerprint density at radius 2 is 1.76 bits per heavy atom. The van der Waals surface area contributed by atoms with Crippen LogP contribution in [0.4, 0.5) is 4.39 Å². The number of benzene rings is 2. The second-order valence-electron chi connectivity index (χ2n) is 5.89. The van der Waals surface area contributed by atoms with Gasteiger partial charge in [0.25, 0.3) is 0 Å². The predicted octanol–water partition coefficient (Wildman–Crippen LogP) is 4.35. The molecule has 25 heavy (non-hydrogen) atoms. The molecule has 4 nitrogen and oxygen atoms in total. The van der Waals surface area contributed by atoms with Gasteiger partial charge in [0.1, 0.15) is 17.7 Å². The molecular weight excluding hydrogens is 323 g/mol. The first kappa shape index (κ1) is 18.6. The van der Waals surface area contributed by atoms with Crippen LogP contribution in [-0.4, -0.2) is 18.9 Å². The van der Waals surface area contributed by atoms with E-state index in [1.54, 1.807) is 57.4 Å². The summed E-state index contributed by atoms with van der Waals surface area (Å²) in [5.41, 5.74) is 1.08. The minimum atomic E-state index is -0.592. The molecule has 0 aromatic heterocycles. The molecule has 0 saturated carbocycles. The van der Waals surface area contributed by atoms with Gasteiger partial charge in [-0.3, -0.25) is 9.59 Å². The number of carbonyl (C=O) groups is 2. The molecule has 0 heterocycles. The van der Waals surface area contributed by atoms with E-state index in [1.165, 1.54) is 12.1 Å². The Morgan fingerprint density at radius 1 is 1.08 bits per heavy atom. The third-order valence-corrected chi connectivity index (χ3v) is 3.92. The van der Waals surface area contributed by atoms with Crippen LogP contribution < -0.4 is 4.74 Å². The average Bonchev–Trinajstić information content (AvgIpc) is 2.61. The smallest absolute Gasteiger partial charge is 0.309 e. The van der Waals surface area contributed by atoms with Crippen LogP contribution in [0.2, 0.25) is 0 Å². The van der Waals surface area contributed by atoms with Crippen LogP contribution in [0.1, 0.15) is 42.3 Å². The van der Waals surface area contributed by atoms with E-state index in [0.29, 0.717) is 16.9 Å². The van der Waals surface area contributed by atoms with E-state index in [-0.39, 0.29) is 18.0 Å². The summed E-state index contributed by atoms with van der Waals surface area (Å²) in [5.74, 6) is -0.953. The lowest BCUT2D eigenvalue weighted by Crippen LogP contribution is -2.20. The fourth-order valence-electron chi connectivity index (χ4n) is 2.37. The highest BCUT2D eigenvalue weighted by Crippen LogP contribution is 2.21. The molecule has 132 valence electrons. The van der Waals surface area contributed by atoms with Crippen molar-refractivity contribution in [3.63, 3.8) is 0 Å². The number of Topliss-reactive ketones (excluding diaryl/α,β-unsaturated/α-hetero) is 1. The Labute approximate surface area is 146 Å². The minimum absolute atomic E-state index is 0.0427. The summed E-state index contributed by atoms with van der Waals surface area (Å²) >= 11 is 0. The van der Waals surface area contributed by atoms with Crippen LogP contribution >= 0.6 is 0 Å². The number of rotatable bonds is 7. The molecule has 2 rings (SSSR count). The maximum Gasteiger partial charge on any atom is 0.309 e. The second-order valence-corrected chi connectivity index (χ2v) is 5.89. The highest BCUT2D eigenvalue weighted by molar-refractivity contribution is 5.98. The Balaban J connectivity index is 1.93. The Kier molecular flexibility index (Phi) is 6.28. The molecule has 0 spiro atoms. The van der Waals surface area contributed by atoms with E-state index >= 15 is 0 Å². The van der Waals surface area contributed by atoms with Gasteiger partial charge in [-0.1, -0.05) is 19.1 Å². The van der Waals surface area contributed by atoms with Gasteiger partial charge in [0, 0.05) is 12.0 Å². The summed E-state index contributed by atoms with van der Waals surface area (Å²) in [6, 6.07) is 12.6. The highest BCUT2D eigenvalue weighted by atomic mass is 19.1. The molecule has 0 bridgehead atoms. The van der Waals surface area contributed by atoms with E-state index < -0.39 is 18.0 Å². The van der Waals surface area contributed by atoms with E-state index in [2.05, 4.69) is 0 Å². The first-order valence-corrected chi connectivity index (χ1v) is 8.04. The lowest BCUT2D eigenvalue weighted by Gasteiger charge is -2.17. The van der Waals surface area contributed by atoms with Gasteiger partial charge in [-0.2, -0.15) is 0 Å². The van der Waals surface area contributed by atoms with Gasteiger partial charge in [-0.25, -0.2) is 4.39 Å². The molecule has 0 radical (unpaired) electrons. The summed E-state index contributed by atoms with van der Waals surface area (Å²) in [5, 5.41) is 0. The fourth-order valence-corrected chi connectivity index (χ4v) is 2.37. The SMILES string of the molecule is COc1ccc(C(=O)C[C@H](C)C(=O)O[C@H](C)c2cccc(F)c2)cc1. The minimum Gasteiger partial charge on any atom is -0.497 e. The summed E-state index contributed by atoms with van der Waals surface area (Å²) in [6.45, 7) is 3.31. The van der Waals surface area contributed by atoms with Crippen LogP contribution in [0.3, 0.4) is 0 Å². The fraction of sp³-hybridized carbons (Fsp3) is 0.300. The Bertz CT molecular complexity index is 740. The monoisotopic (exact) mass is 344 g/mol. The Hall–Kier alpha value is -2.69. The largest absolute Gasteiger partial charge is 0.497 e. The van der Waals surface area contributed by atoms with Crippen LogP contribution in [0.15, 0.2) is 48.5 Å². The zero-order chi connectivity index (χ0) is 18.4. The summed E-state index contributed by atoms with van der Waals surface area (Å²) in [4.78, 5) is 24.5. The van der Waals surface area contributed by atoms with E-state index in [9.17, 15) is 14.0 Å². The van der Waals surface area contributed by atoms with E-state index in [1.807, 2.05) is 0 Å². The quantitative estimate of drug-likeness (QED) is 0.553. The lowest BCUT2D eigenvalue weighted by molar-refractivity contribution is -0.152. The van der Waals surface area contributed by atoms with Crippen LogP contribution in [-0.2, 0) is 9.53 Å². The third-order valence-electron chi connectivity index (χ3n) is 3.92. The van der Waals surface area contributed by atoms with Gasteiger partial charge >= 0.3 is 5.97 Å². The number of hydrogen-bond acceptors (Lipinski definition) is 4. The van der Waals surface area contributed by atoms with Crippen molar-refractivity contribution >= 4 is 11.8 Å². The molecule has 0 saturated heterocycles. The average molecular weight is 344 g/mol. The number of hydrogen-bond donors (Lipinski definition) is 0.